The number of aliphatic hydroxyl groups excluding tert-OH is 1. The average Bonchev–Trinajstić information content (AvgIpc) is 2.47. The van der Waals surface area contributed by atoms with E-state index >= 15 is 0 Å². The smallest absolute Gasteiger partial charge is 0.258 e. The second kappa shape index (κ2) is 6.53. The molecule has 2 N–H and O–H groups in total. The van der Waals surface area contributed by atoms with Crippen LogP contribution in [0.25, 0.3) is 0 Å². The topological polar surface area (TPSA) is 79.3 Å². The van der Waals surface area contributed by atoms with E-state index in [1.54, 1.807) is 31.2 Å². The van der Waals surface area contributed by atoms with Crippen LogP contribution in [-0.2, 0) is 16.6 Å². The highest BCUT2D eigenvalue weighted by molar-refractivity contribution is 7.89. The SMILES string of the molecule is CC(NS(=O)(=O)c1ccc(CO)cn1)c1ccc(Cl)cc1. The van der Waals surface area contributed by atoms with Crippen molar-refractivity contribution in [3.8, 4) is 0 Å². The van der Waals surface area contributed by atoms with E-state index in [2.05, 4.69) is 9.71 Å². The highest BCUT2D eigenvalue weighted by Crippen LogP contribution is 2.18. The number of rotatable bonds is 5. The predicted octanol–water partition coefficient (Wildman–Crippen LogP) is 2.27. The number of hydrogen-bond donors (Lipinski definition) is 2. The third kappa shape index (κ3) is 4.01. The highest BCUT2D eigenvalue weighted by atomic mass is 35.5. The van der Waals surface area contributed by atoms with Crippen molar-refractivity contribution in [2.24, 2.45) is 0 Å². The summed E-state index contributed by atoms with van der Waals surface area (Å²) in [6.45, 7) is 1.56. The molecular weight excluding hydrogens is 312 g/mol. The van der Waals surface area contributed by atoms with Crippen LogP contribution in [0.5, 0.6) is 0 Å². The molecule has 0 aliphatic carbocycles. The molecule has 1 atom stereocenters. The molecule has 2 aromatic rings. The van der Waals surface area contributed by atoms with Crippen LogP contribution in [0.3, 0.4) is 0 Å². The molecule has 0 saturated heterocycles. The number of aromatic nitrogens is 1. The maximum absolute atomic E-state index is 12.2. The first kappa shape index (κ1) is 15.9. The Labute approximate surface area is 128 Å². The Morgan fingerprint density at radius 2 is 1.90 bits per heavy atom. The summed E-state index contributed by atoms with van der Waals surface area (Å²) < 4.78 is 27.0. The first-order valence-corrected chi connectivity index (χ1v) is 8.12. The van der Waals surface area contributed by atoms with E-state index in [9.17, 15) is 8.42 Å². The van der Waals surface area contributed by atoms with E-state index in [1.807, 2.05) is 0 Å². The summed E-state index contributed by atoms with van der Waals surface area (Å²) in [6.07, 6.45) is 1.33. The fraction of sp³-hybridized carbons (Fsp3) is 0.214. The van der Waals surface area contributed by atoms with Gasteiger partial charge in [-0.3, -0.25) is 0 Å². The Morgan fingerprint density at radius 3 is 2.43 bits per heavy atom. The molecular formula is C14H15ClN2O3S. The van der Waals surface area contributed by atoms with Gasteiger partial charge in [0.05, 0.1) is 6.61 Å². The van der Waals surface area contributed by atoms with Crippen LogP contribution in [0, 0.1) is 0 Å². The summed E-state index contributed by atoms with van der Waals surface area (Å²) in [4.78, 5) is 3.85. The quantitative estimate of drug-likeness (QED) is 0.883. The summed E-state index contributed by atoms with van der Waals surface area (Å²) in [7, 11) is -3.72. The maximum Gasteiger partial charge on any atom is 0.258 e. The molecule has 7 heteroatoms. The van der Waals surface area contributed by atoms with Gasteiger partial charge in [0.2, 0.25) is 0 Å². The van der Waals surface area contributed by atoms with Crippen molar-refractivity contribution in [3.63, 3.8) is 0 Å². The fourth-order valence-corrected chi connectivity index (χ4v) is 3.06. The van der Waals surface area contributed by atoms with Crippen molar-refractivity contribution < 1.29 is 13.5 Å². The number of nitrogens with zero attached hydrogens (tertiary/aromatic N) is 1. The molecule has 21 heavy (non-hydrogen) atoms. The third-order valence-electron chi connectivity index (χ3n) is 2.96. The molecule has 0 spiro atoms. The molecule has 0 aliphatic rings. The van der Waals surface area contributed by atoms with Crippen molar-refractivity contribution in [2.45, 2.75) is 24.6 Å². The van der Waals surface area contributed by atoms with Gasteiger partial charge >= 0.3 is 0 Å². The van der Waals surface area contributed by atoms with Gasteiger partial charge in [0, 0.05) is 17.3 Å². The zero-order chi connectivity index (χ0) is 15.5. The van der Waals surface area contributed by atoms with Gasteiger partial charge in [0.15, 0.2) is 5.03 Å². The fourth-order valence-electron chi connectivity index (χ4n) is 1.78. The van der Waals surface area contributed by atoms with Gasteiger partial charge in [-0.1, -0.05) is 29.8 Å². The number of pyridine rings is 1. The third-order valence-corrected chi connectivity index (χ3v) is 4.67. The zero-order valence-electron chi connectivity index (χ0n) is 11.3. The van der Waals surface area contributed by atoms with Gasteiger partial charge in [0.1, 0.15) is 0 Å². The van der Waals surface area contributed by atoms with Crippen LogP contribution in [-0.4, -0.2) is 18.5 Å². The normalized spacial score (nSPS) is 13.1. The molecule has 1 aromatic heterocycles. The first-order valence-electron chi connectivity index (χ1n) is 6.26. The Morgan fingerprint density at radius 1 is 1.24 bits per heavy atom. The Hall–Kier alpha value is -1.47. The Bertz CT molecular complexity index is 700. The minimum absolute atomic E-state index is 0.0829. The van der Waals surface area contributed by atoms with Crippen molar-refractivity contribution in [1.82, 2.24) is 9.71 Å². The minimum atomic E-state index is -3.72. The van der Waals surface area contributed by atoms with E-state index in [1.165, 1.54) is 18.3 Å². The molecule has 2 rings (SSSR count). The number of aliphatic hydroxyl groups is 1. The average molecular weight is 327 g/mol. The van der Waals surface area contributed by atoms with Crippen LogP contribution < -0.4 is 4.72 Å². The van der Waals surface area contributed by atoms with Crippen molar-refractivity contribution in [1.29, 1.82) is 0 Å². The number of halogens is 1. The van der Waals surface area contributed by atoms with Gasteiger partial charge in [-0.15, -0.1) is 0 Å². The number of benzene rings is 1. The number of sulfonamides is 1. The molecule has 0 amide bonds. The van der Waals surface area contributed by atoms with Gasteiger partial charge in [0.25, 0.3) is 10.0 Å². The number of hydrogen-bond acceptors (Lipinski definition) is 4. The van der Waals surface area contributed by atoms with E-state index < -0.39 is 16.1 Å². The van der Waals surface area contributed by atoms with Gasteiger partial charge in [-0.05, 0) is 36.2 Å². The standard InChI is InChI=1S/C14H15ClN2O3S/c1-10(12-3-5-13(15)6-4-12)17-21(19,20)14-7-2-11(9-18)8-16-14/h2-8,10,17-18H,9H2,1H3. The molecule has 0 radical (unpaired) electrons. The lowest BCUT2D eigenvalue weighted by molar-refractivity contribution is 0.281. The predicted molar refractivity (Wildman–Crippen MR) is 80.3 cm³/mol. The lowest BCUT2D eigenvalue weighted by atomic mass is 10.1. The molecule has 1 unspecified atom stereocenters. The molecule has 0 fully saturated rings. The van der Waals surface area contributed by atoms with Crippen LogP contribution in [0.2, 0.25) is 5.02 Å². The lowest BCUT2D eigenvalue weighted by Crippen LogP contribution is -2.27. The highest BCUT2D eigenvalue weighted by Gasteiger charge is 2.19. The molecule has 112 valence electrons. The lowest BCUT2D eigenvalue weighted by Gasteiger charge is -2.14. The van der Waals surface area contributed by atoms with Crippen LogP contribution in [0.4, 0.5) is 0 Å². The maximum atomic E-state index is 12.2. The molecule has 0 bridgehead atoms. The molecule has 1 aromatic carbocycles. The number of nitrogens with one attached hydrogen (secondary N) is 1. The monoisotopic (exact) mass is 326 g/mol. The zero-order valence-corrected chi connectivity index (χ0v) is 12.9. The summed E-state index contributed by atoms with van der Waals surface area (Å²) >= 11 is 5.80. The van der Waals surface area contributed by atoms with Gasteiger partial charge in [-0.2, -0.15) is 0 Å². The Balaban J connectivity index is 2.17. The van der Waals surface area contributed by atoms with Crippen LogP contribution in [0.15, 0.2) is 47.6 Å². The van der Waals surface area contributed by atoms with Gasteiger partial charge in [-0.25, -0.2) is 18.1 Å². The van der Waals surface area contributed by atoms with E-state index in [-0.39, 0.29) is 11.6 Å². The van der Waals surface area contributed by atoms with Crippen molar-refractivity contribution >= 4 is 21.6 Å². The van der Waals surface area contributed by atoms with E-state index in [4.69, 9.17) is 16.7 Å². The summed E-state index contributed by atoms with van der Waals surface area (Å²) in [6, 6.07) is 9.41. The molecule has 5 nitrogen and oxygen atoms in total. The summed E-state index contributed by atoms with van der Waals surface area (Å²) in [5, 5.41) is 9.44. The van der Waals surface area contributed by atoms with E-state index in [0.717, 1.165) is 5.56 Å². The largest absolute Gasteiger partial charge is 0.392 e. The minimum Gasteiger partial charge on any atom is -0.392 e. The van der Waals surface area contributed by atoms with Gasteiger partial charge < -0.3 is 5.11 Å². The summed E-state index contributed by atoms with van der Waals surface area (Å²) in [5.41, 5.74) is 1.36. The molecule has 1 heterocycles. The Kier molecular flexibility index (Phi) is 4.95. The van der Waals surface area contributed by atoms with Crippen LogP contribution in [0.1, 0.15) is 24.1 Å². The van der Waals surface area contributed by atoms with Crippen LogP contribution >= 0.6 is 11.6 Å². The first-order chi connectivity index (χ1) is 9.92. The van der Waals surface area contributed by atoms with Crippen molar-refractivity contribution in [3.05, 3.63) is 58.7 Å². The second-order valence-electron chi connectivity index (χ2n) is 4.56. The second-order valence-corrected chi connectivity index (χ2v) is 6.65. The van der Waals surface area contributed by atoms with E-state index in [0.29, 0.717) is 10.6 Å². The van der Waals surface area contributed by atoms with Crippen molar-refractivity contribution in [2.75, 3.05) is 0 Å². The molecule has 0 aliphatic heterocycles. The molecule has 0 saturated carbocycles. The summed E-state index contributed by atoms with van der Waals surface area (Å²) in [5.74, 6) is 0.